The van der Waals surface area contributed by atoms with Crippen molar-refractivity contribution in [1.29, 1.82) is 0 Å². The van der Waals surface area contributed by atoms with E-state index in [-0.39, 0.29) is 22.5 Å². The number of aromatic carboxylic acids is 1. The minimum Gasteiger partial charge on any atom is -0.507 e. The first-order valence-electron chi connectivity index (χ1n) is 15.7. The predicted molar refractivity (Wildman–Crippen MR) is 174 cm³/mol. The predicted octanol–water partition coefficient (Wildman–Crippen LogP) is 8.15. The maximum Gasteiger partial charge on any atom is 0.339 e. The topological polar surface area (TPSA) is 105 Å². The number of piperidine rings is 1. The molecule has 0 radical (unpaired) electrons. The fourth-order valence-corrected chi connectivity index (χ4v) is 6.16. The first-order chi connectivity index (χ1) is 22.1. The number of carboxylic acid groups (broad SMARTS) is 1. The van der Waals surface area contributed by atoms with Crippen LogP contribution in [0.15, 0.2) is 71.5 Å². The third-order valence-corrected chi connectivity index (χ3v) is 8.37. The summed E-state index contributed by atoms with van der Waals surface area (Å²) in [7, 11) is 0. The van der Waals surface area contributed by atoms with Crippen LogP contribution in [0.3, 0.4) is 0 Å². The third kappa shape index (κ3) is 6.65. The van der Waals surface area contributed by atoms with Crippen LogP contribution in [0, 0.1) is 11.2 Å². The van der Waals surface area contributed by atoms with Crippen LogP contribution in [0.2, 0.25) is 0 Å². The van der Waals surface area contributed by atoms with Crippen molar-refractivity contribution >= 4 is 27.7 Å². The zero-order chi connectivity index (χ0) is 32.4. The van der Waals surface area contributed by atoms with Crippen LogP contribution in [0.5, 0.6) is 17.4 Å². The summed E-state index contributed by atoms with van der Waals surface area (Å²) in [5, 5.41) is 23.8. The van der Waals surface area contributed by atoms with Crippen molar-refractivity contribution in [2.24, 2.45) is 5.41 Å². The van der Waals surface area contributed by atoms with Gasteiger partial charge in [-0.15, -0.1) is 0 Å². The Kier molecular flexibility index (Phi) is 8.86. The number of fused-ring (bicyclic) bond motifs is 3. The lowest BCUT2D eigenvalue weighted by Gasteiger charge is -2.36. The number of phenols is 1. The molecule has 1 saturated heterocycles. The fourth-order valence-electron chi connectivity index (χ4n) is 6.16. The molecule has 6 rings (SSSR count). The number of likely N-dealkylation sites (tertiary alicyclic amines) is 1. The van der Waals surface area contributed by atoms with Gasteiger partial charge in [0.2, 0.25) is 5.88 Å². The molecule has 0 bridgehead atoms. The lowest BCUT2D eigenvalue weighted by Crippen LogP contribution is -2.34. The molecule has 1 unspecified atom stereocenters. The molecule has 0 saturated carbocycles. The lowest BCUT2D eigenvalue weighted by atomic mass is 9.88. The third-order valence-electron chi connectivity index (χ3n) is 8.37. The quantitative estimate of drug-likeness (QED) is 0.160. The van der Waals surface area contributed by atoms with Crippen LogP contribution in [0.4, 0.5) is 4.39 Å². The SMILES string of the molecule is CC(C)(C)COc1cc(C(c2c(O)c3ccc(OCCc4ccc(F)cc4)cc3c3occ(C(=O)O)c23)N2CCCCC2)ccn1. The van der Waals surface area contributed by atoms with Gasteiger partial charge < -0.3 is 24.1 Å². The molecule has 1 aliphatic heterocycles. The van der Waals surface area contributed by atoms with E-state index in [9.17, 15) is 19.4 Å². The van der Waals surface area contributed by atoms with Crippen LogP contribution in [-0.2, 0) is 6.42 Å². The van der Waals surface area contributed by atoms with Gasteiger partial charge in [-0.2, -0.15) is 0 Å². The van der Waals surface area contributed by atoms with Crippen LogP contribution in [-0.4, -0.2) is 52.4 Å². The number of ether oxygens (including phenoxy) is 2. The highest BCUT2D eigenvalue weighted by molar-refractivity contribution is 6.16. The first kappa shape index (κ1) is 31.4. The van der Waals surface area contributed by atoms with E-state index in [1.54, 1.807) is 36.5 Å². The molecule has 1 fully saturated rings. The van der Waals surface area contributed by atoms with E-state index in [1.165, 1.54) is 18.4 Å². The van der Waals surface area contributed by atoms with Gasteiger partial charge in [0.1, 0.15) is 34.7 Å². The van der Waals surface area contributed by atoms with Gasteiger partial charge in [0, 0.05) is 40.4 Å². The average Bonchev–Trinajstić information content (AvgIpc) is 3.49. The monoisotopic (exact) mass is 626 g/mol. The molecule has 2 aromatic heterocycles. The summed E-state index contributed by atoms with van der Waals surface area (Å²) in [6, 6.07) is 14.9. The van der Waals surface area contributed by atoms with Crippen molar-refractivity contribution < 1.29 is 33.3 Å². The standard InChI is InChI=1S/C37H39FN2O6/c1-37(2,3)22-46-30-19-24(13-15-39-30)33(40-16-5-4-6-17-40)32-31-29(36(42)43)21-45-35(31)28-20-26(11-12-27(28)34(32)41)44-18-14-23-7-9-25(38)10-8-23/h7-13,15,19-21,33,41H,4-6,14,16-18,22H2,1-3H3,(H,42,43). The number of rotatable bonds is 10. The van der Waals surface area contributed by atoms with Gasteiger partial charge in [-0.05, 0) is 78.9 Å². The minimum atomic E-state index is -1.15. The summed E-state index contributed by atoms with van der Waals surface area (Å²) in [6.07, 6.45) is 6.60. The Labute approximate surface area is 267 Å². The molecule has 1 aliphatic rings. The van der Waals surface area contributed by atoms with Gasteiger partial charge in [-0.1, -0.05) is 39.3 Å². The molecular weight excluding hydrogens is 587 g/mol. The van der Waals surface area contributed by atoms with Crippen LogP contribution >= 0.6 is 0 Å². The highest BCUT2D eigenvalue weighted by Crippen LogP contribution is 2.47. The van der Waals surface area contributed by atoms with Crippen molar-refractivity contribution in [3.8, 4) is 17.4 Å². The van der Waals surface area contributed by atoms with Gasteiger partial charge in [-0.25, -0.2) is 14.2 Å². The molecule has 9 heteroatoms. The van der Waals surface area contributed by atoms with E-state index in [4.69, 9.17) is 13.9 Å². The smallest absolute Gasteiger partial charge is 0.339 e. The van der Waals surface area contributed by atoms with E-state index in [0.29, 0.717) is 58.6 Å². The molecule has 0 aliphatic carbocycles. The Hall–Kier alpha value is -4.63. The second-order valence-electron chi connectivity index (χ2n) is 13.1. The summed E-state index contributed by atoms with van der Waals surface area (Å²) in [5.74, 6) is -0.430. The molecular formula is C37H39FN2O6. The van der Waals surface area contributed by atoms with E-state index >= 15 is 0 Å². The Morgan fingerprint density at radius 3 is 2.50 bits per heavy atom. The zero-order valence-electron chi connectivity index (χ0n) is 26.4. The number of halogens is 1. The number of carbonyl (C=O) groups is 1. The number of carboxylic acids is 1. The first-order valence-corrected chi connectivity index (χ1v) is 15.7. The Morgan fingerprint density at radius 1 is 1.02 bits per heavy atom. The number of hydrogen-bond acceptors (Lipinski definition) is 7. The number of benzene rings is 3. The summed E-state index contributed by atoms with van der Waals surface area (Å²) in [6.45, 7) is 8.66. The van der Waals surface area contributed by atoms with Crippen LogP contribution < -0.4 is 9.47 Å². The molecule has 0 amide bonds. The molecule has 2 N–H and O–H groups in total. The van der Waals surface area contributed by atoms with Gasteiger partial charge in [-0.3, -0.25) is 4.90 Å². The molecule has 5 aromatic rings. The largest absolute Gasteiger partial charge is 0.507 e. The molecule has 8 nitrogen and oxygen atoms in total. The normalized spacial score (nSPS) is 14.9. The number of furan rings is 1. The number of aromatic nitrogens is 1. The van der Waals surface area contributed by atoms with E-state index in [2.05, 4.69) is 30.7 Å². The van der Waals surface area contributed by atoms with E-state index < -0.39 is 12.0 Å². The molecule has 240 valence electrons. The Balaban J connectivity index is 1.45. The maximum atomic E-state index is 13.3. The highest BCUT2D eigenvalue weighted by Gasteiger charge is 2.33. The van der Waals surface area contributed by atoms with Crippen LogP contribution in [0.1, 0.15) is 73.1 Å². The van der Waals surface area contributed by atoms with Crippen LogP contribution in [0.25, 0.3) is 21.7 Å². The summed E-state index contributed by atoms with van der Waals surface area (Å²) in [4.78, 5) is 19.3. The minimum absolute atomic E-state index is 0.00573. The summed E-state index contributed by atoms with van der Waals surface area (Å²) < 4.78 is 31.4. The van der Waals surface area contributed by atoms with Gasteiger partial charge in [0.25, 0.3) is 0 Å². The second kappa shape index (κ2) is 13.0. The van der Waals surface area contributed by atoms with Crippen molar-refractivity contribution in [3.05, 3.63) is 95.1 Å². The maximum absolute atomic E-state index is 13.3. The summed E-state index contributed by atoms with van der Waals surface area (Å²) in [5.41, 5.74) is 2.54. The molecule has 46 heavy (non-hydrogen) atoms. The number of hydrogen-bond donors (Lipinski definition) is 2. The van der Waals surface area contributed by atoms with Gasteiger partial charge >= 0.3 is 5.97 Å². The second-order valence-corrected chi connectivity index (χ2v) is 13.1. The fraction of sp³-hybridized carbons (Fsp3) is 0.351. The number of pyridine rings is 1. The molecule has 1 atom stereocenters. The van der Waals surface area contributed by atoms with Crippen molar-refractivity contribution in [2.45, 2.75) is 52.5 Å². The van der Waals surface area contributed by atoms with Crippen molar-refractivity contribution in [3.63, 3.8) is 0 Å². The molecule has 3 aromatic carbocycles. The van der Waals surface area contributed by atoms with Crippen molar-refractivity contribution in [1.82, 2.24) is 9.88 Å². The highest BCUT2D eigenvalue weighted by atomic mass is 19.1. The molecule has 0 spiro atoms. The van der Waals surface area contributed by atoms with Gasteiger partial charge in [0.05, 0.1) is 19.3 Å². The number of nitrogens with zero attached hydrogens (tertiary/aromatic N) is 2. The van der Waals surface area contributed by atoms with E-state index in [1.807, 2.05) is 12.1 Å². The Morgan fingerprint density at radius 2 is 1.78 bits per heavy atom. The zero-order valence-corrected chi connectivity index (χ0v) is 26.4. The van der Waals surface area contributed by atoms with E-state index in [0.717, 1.165) is 43.5 Å². The Bertz CT molecular complexity index is 1850. The van der Waals surface area contributed by atoms with Crippen molar-refractivity contribution in [2.75, 3.05) is 26.3 Å². The molecule has 3 heterocycles. The van der Waals surface area contributed by atoms with Gasteiger partial charge in [0.15, 0.2) is 0 Å². The summed E-state index contributed by atoms with van der Waals surface area (Å²) >= 11 is 0. The number of phenolic OH excluding ortho intramolecular Hbond substituents is 1. The average molecular weight is 627 g/mol. The lowest BCUT2D eigenvalue weighted by molar-refractivity contribution is 0.0697. The number of aromatic hydroxyl groups is 1.